The molecule has 0 aromatic heterocycles. The Balaban J connectivity index is 2.03. The first kappa shape index (κ1) is 12.0. The third-order valence-electron chi connectivity index (χ3n) is 3.00. The maximum absolute atomic E-state index is 12.0. The quantitative estimate of drug-likeness (QED) is 0.365. The zero-order valence-corrected chi connectivity index (χ0v) is 9.37. The van der Waals surface area contributed by atoms with Gasteiger partial charge in [-0.25, -0.2) is 5.32 Å². The summed E-state index contributed by atoms with van der Waals surface area (Å²) in [5.41, 5.74) is 0. The van der Waals surface area contributed by atoms with Crippen molar-refractivity contribution in [2.24, 2.45) is 0 Å². The number of unbranched alkanes of at least 4 members (excludes halogenated alkanes) is 4. The molecule has 0 N–H and O–H groups in total. The van der Waals surface area contributed by atoms with Crippen LogP contribution in [-0.4, -0.2) is 37.4 Å². The lowest BCUT2D eigenvalue weighted by Crippen LogP contribution is -2.53. The van der Waals surface area contributed by atoms with Crippen LogP contribution in [0, 0.1) is 5.21 Å². The maximum Gasteiger partial charge on any atom is 0.0927 e. The van der Waals surface area contributed by atoms with Crippen molar-refractivity contribution in [2.75, 3.05) is 32.7 Å². The van der Waals surface area contributed by atoms with Crippen LogP contribution in [0.3, 0.4) is 0 Å². The van der Waals surface area contributed by atoms with Crippen LogP contribution in [0.15, 0.2) is 0 Å². The SMILES string of the molecule is CCCCCCC[N+]1([O-])CC[N]CC1. The molecular formula is C11H23N2O. The summed E-state index contributed by atoms with van der Waals surface area (Å²) >= 11 is 0. The Morgan fingerprint density at radius 1 is 1.07 bits per heavy atom. The number of quaternary nitrogens is 1. The Labute approximate surface area is 87.7 Å². The molecule has 1 radical (unpaired) electrons. The summed E-state index contributed by atoms with van der Waals surface area (Å²) in [6, 6.07) is 0. The fourth-order valence-corrected chi connectivity index (χ4v) is 1.96. The third-order valence-corrected chi connectivity index (χ3v) is 3.00. The predicted octanol–water partition coefficient (Wildman–Crippen LogP) is 1.89. The first-order chi connectivity index (χ1) is 6.77. The number of hydrogen-bond acceptors (Lipinski definition) is 1. The monoisotopic (exact) mass is 199 g/mol. The zero-order valence-electron chi connectivity index (χ0n) is 9.37. The molecule has 3 nitrogen and oxygen atoms in total. The molecule has 1 fully saturated rings. The van der Waals surface area contributed by atoms with E-state index in [1.807, 2.05) is 0 Å². The molecule has 0 aromatic rings. The number of piperazine rings is 1. The van der Waals surface area contributed by atoms with Gasteiger partial charge in [0.1, 0.15) is 0 Å². The molecule has 1 aliphatic rings. The summed E-state index contributed by atoms with van der Waals surface area (Å²) in [4.78, 5) is 0. The van der Waals surface area contributed by atoms with Crippen molar-refractivity contribution in [1.82, 2.24) is 5.32 Å². The van der Waals surface area contributed by atoms with Crippen molar-refractivity contribution in [1.29, 1.82) is 0 Å². The van der Waals surface area contributed by atoms with Crippen molar-refractivity contribution in [3.63, 3.8) is 0 Å². The summed E-state index contributed by atoms with van der Waals surface area (Å²) in [6.45, 7) is 6.02. The van der Waals surface area contributed by atoms with Crippen LogP contribution >= 0.6 is 0 Å². The molecule has 0 unspecified atom stereocenters. The van der Waals surface area contributed by atoms with Crippen molar-refractivity contribution in [3.8, 4) is 0 Å². The molecule has 0 aromatic carbocycles. The summed E-state index contributed by atoms with van der Waals surface area (Å²) in [5.74, 6) is 0. The van der Waals surface area contributed by atoms with Crippen LogP contribution in [0.2, 0.25) is 0 Å². The molecule has 1 aliphatic heterocycles. The first-order valence-corrected chi connectivity index (χ1v) is 5.97. The standard InChI is InChI=1S/C11H23N2O/c1-2-3-4-5-6-9-13(14)10-7-12-8-11-13/h2-11H2,1H3. The largest absolute Gasteiger partial charge is 0.633 e. The highest BCUT2D eigenvalue weighted by molar-refractivity contribution is 4.57. The molecule has 83 valence electrons. The van der Waals surface area contributed by atoms with E-state index in [4.69, 9.17) is 0 Å². The van der Waals surface area contributed by atoms with Crippen LogP contribution < -0.4 is 5.32 Å². The van der Waals surface area contributed by atoms with Crippen molar-refractivity contribution < 1.29 is 4.65 Å². The second-order valence-electron chi connectivity index (χ2n) is 4.31. The number of rotatable bonds is 6. The minimum absolute atomic E-state index is 0.0234. The lowest BCUT2D eigenvalue weighted by molar-refractivity contribution is -0.882. The van der Waals surface area contributed by atoms with E-state index in [9.17, 15) is 5.21 Å². The van der Waals surface area contributed by atoms with Gasteiger partial charge in [0, 0.05) is 0 Å². The molecule has 0 aliphatic carbocycles. The highest BCUT2D eigenvalue weighted by Gasteiger charge is 2.19. The van der Waals surface area contributed by atoms with E-state index in [-0.39, 0.29) is 4.65 Å². The molecule has 0 atom stereocenters. The molecule has 14 heavy (non-hydrogen) atoms. The Hall–Kier alpha value is -0.120. The van der Waals surface area contributed by atoms with Gasteiger partial charge >= 0.3 is 0 Å². The van der Waals surface area contributed by atoms with Gasteiger partial charge < -0.3 is 9.85 Å². The smallest absolute Gasteiger partial charge is 0.0927 e. The number of nitrogens with zero attached hydrogens (tertiary/aromatic N) is 2. The van der Waals surface area contributed by atoms with E-state index >= 15 is 0 Å². The molecule has 0 bridgehead atoms. The molecule has 1 heterocycles. The van der Waals surface area contributed by atoms with E-state index < -0.39 is 0 Å². The van der Waals surface area contributed by atoms with Crippen molar-refractivity contribution in [2.45, 2.75) is 39.0 Å². The number of hydroxylamine groups is 3. The highest BCUT2D eigenvalue weighted by atomic mass is 16.5. The Morgan fingerprint density at radius 3 is 2.36 bits per heavy atom. The average molecular weight is 199 g/mol. The molecule has 0 saturated carbocycles. The first-order valence-electron chi connectivity index (χ1n) is 5.97. The van der Waals surface area contributed by atoms with E-state index in [1.165, 1.54) is 25.7 Å². The molecule has 3 heteroatoms. The van der Waals surface area contributed by atoms with Gasteiger partial charge in [0.2, 0.25) is 0 Å². The zero-order chi connectivity index (χ0) is 10.3. The minimum Gasteiger partial charge on any atom is -0.633 e. The van der Waals surface area contributed by atoms with Crippen LogP contribution in [0.4, 0.5) is 0 Å². The number of hydrogen-bond donors (Lipinski definition) is 0. The summed E-state index contributed by atoms with van der Waals surface area (Å²) in [5, 5.41) is 16.2. The maximum atomic E-state index is 12.0. The second-order valence-corrected chi connectivity index (χ2v) is 4.31. The predicted molar refractivity (Wildman–Crippen MR) is 58.9 cm³/mol. The van der Waals surface area contributed by atoms with Crippen LogP contribution in [0.25, 0.3) is 0 Å². The molecule has 0 amide bonds. The van der Waals surface area contributed by atoms with E-state index in [2.05, 4.69) is 12.2 Å². The Bertz CT molecular complexity index is 144. The van der Waals surface area contributed by atoms with Gasteiger partial charge in [-0.1, -0.05) is 26.2 Å². The van der Waals surface area contributed by atoms with Gasteiger partial charge in [-0.05, 0) is 12.8 Å². The van der Waals surface area contributed by atoms with Crippen LogP contribution in [-0.2, 0) is 0 Å². The van der Waals surface area contributed by atoms with Crippen LogP contribution in [0.5, 0.6) is 0 Å². The topological polar surface area (TPSA) is 37.2 Å². The lowest BCUT2D eigenvalue weighted by Gasteiger charge is -2.45. The van der Waals surface area contributed by atoms with Crippen molar-refractivity contribution >= 4 is 0 Å². The third kappa shape index (κ3) is 4.40. The van der Waals surface area contributed by atoms with Gasteiger partial charge in [-0.15, -0.1) is 0 Å². The Kier molecular flexibility index (Phi) is 5.45. The minimum atomic E-state index is 0.0234. The molecular weight excluding hydrogens is 176 g/mol. The van der Waals surface area contributed by atoms with Gasteiger partial charge in [-0.2, -0.15) is 0 Å². The molecule has 0 spiro atoms. The summed E-state index contributed by atoms with van der Waals surface area (Å²) in [7, 11) is 0. The van der Waals surface area contributed by atoms with E-state index in [0.29, 0.717) is 13.1 Å². The molecule has 1 rings (SSSR count). The van der Waals surface area contributed by atoms with Crippen LogP contribution in [0.1, 0.15) is 39.0 Å². The fraction of sp³-hybridized carbons (Fsp3) is 1.00. The second kappa shape index (κ2) is 6.38. The average Bonchev–Trinajstić information content (AvgIpc) is 2.18. The fourth-order valence-electron chi connectivity index (χ4n) is 1.96. The van der Waals surface area contributed by atoms with E-state index in [1.54, 1.807) is 0 Å². The van der Waals surface area contributed by atoms with Gasteiger partial charge in [0.05, 0.1) is 32.7 Å². The van der Waals surface area contributed by atoms with E-state index in [0.717, 1.165) is 26.1 Å². The summed E-state index contributed by atoms with van der Waals surface area (Å²) in [6.07, 6.45) is 6.21. The van der Waals surface area contributed by atoms with Crippen molar-refractivity contribution in [3.05, 3.63) is 5.21 Å². The Morgan fingerprint density at radius 2 is 1.71 bits per heavy atom. The van der Waals surface area contributed by atoms with Gasteiger partial charge in [0.25, 0.3) is 0 Å². The van der Waals surface area contributed by atoms with Gasteiger partial charge in [0.15, 0.2) is 0 Å². The highest BCUT2D eigenvalue weighted by Crippen LogP contribution is 2.11. The molecule has 1 saturated heterocycles. The normalized spacial score (nSPS) is 21.0. The lowest BCUT2D eigenvalue weighted by atomic mass is 10.1. The van der Waals surface area contributed by atoms with Gasteiger partial charge in [-0.3, -0.25) is 0 Å². The summed E-state index contributed by atoms with van der Waals surface area (Å²) < 4.78 is 0.0234.